The minimum atomic E-state index is -4.36. The Labute approximate surface area is 158 Å². The molecule has 0 aliphatic heterocycles. The van der Waals surface area contributed by atoms with Gasteiger partial charge in [0, 0.05) is 12.1 Å². The molecular weight excluding hydrogens is 373 g/mol. The van der Waals surface area contributed by atoms with Crippen LogP contribution >= 0.6 is 0 Å². The summed E-state index contributed by atoms with van der Waals surface area (Å²) in [4.78, 5) is 27.1. The monoisotopic (exact) mass is 390 g/mol. The summed E-state index contributed by atoms with van der Waals surface area (Å²) in [6, 6.07) is 15.3. The van der Waals surface area contributed by atoms with Crippen molar-refractivity contribution in [2.45, 2.75) is 19.3 Å². The molecule has 0 fully saturated rings. The van der Waals surface area contributed by atoms with E-state index in [9.17, 15) is 22.8 Å². The maximum Gasteiger partial charge on any atom is 0.411 e. The van der Waals surface area contributed by atoms with E-state index in [4.69, 9.17) is 0 Å². The highest BCUT2D eigenvalue weighted by molar-refractivity contribution is 5.97. The molecule has 3 rings (SSSR count). The van der Waals surface area contributed by atoms with Gasteiger partial charge in [-0.2, -0.15) is 13.2 Å². The van der Waals surface area contributed by atoms with Crippen LogP contribution in [0, 0.1) is 0 Å². The van der Waals surface area contributed by atoms with Crippen molar-refractivity contribution in [3.63, 3.8) is 0 Å². The zero-order chi connectivity index (χ0) is 20.1. The van der Waals surface area contributed by atoms with Gasteiger partial charge in [0.25, 0.3) is 11.5 Å². The van der Waals surface area contributed by atoms with Crippen LogP contribution in [0.5, 0.6) is 0 Å². The fourth-order valence-electron chi connectivity index (χ4n) is 2.63. The summed E-state index contributed by atoms with van der Waals surface area (Å²) in [7, 11) is 0. The Bertz CT molecular complexity index is 1030. The van der Waals surface area contributed by atoms with Gasteiger partial charge in [-0.15, -0.1) is 0 Å². The van der Waals surface area contributed by atoms with Crippen molar-refractivity contribution >= 4 is 16.8 Å². The average molecular weight is 390 g/mol. The zero-order valence-electron chi connectivity index (χ0n) is 14.7. The third-order valence-corrected chi connectivity index (χ3v) is 4.01. The third kappa shape index (κ3) is 5.20. The molecule has 0 spiro atoms. The highest BCUT2D eigenvalue weighted by atomic mass is 19.4. The molecular formula is C20H17F3N2O3. The maximum atomic E-state index is 12.3. The molecule has 146 valence electrons. The molecule has 0 aliphatic rings. The van der Waals surface area contributed by atoms with E-state index < -0.39 is 24.2 Å². The molecule has 0 aliphatic carbocycles. The molecule has 2 aromatic carbocycles. The summed E-state index contributed by atoms with van der Waals surface area (Å²) < 4.78 is 40.8. The number of hydrogen-bond donors (Lipinski definition) is 2. The van der Waals surface area contributed by atoms with Gasteiger partial charge in [0.05, 0.1) is 6.61 Å². The third-order valence-electron chi connectivity index (χ3n) is 4.01. The van der Waals surface area contributed by atoms with Crippen LogP contribution in [0.3, 0.4) is 0 Å². The summed E-state index contributed by atoms with van der Waals surface area (Å²) in [5.41, 5.74) is 1.51. The number of benzene rings is 2. The summed E-state index contributed by atoms with van der Waals surface area (Å²) in [6.45, 7) is -1.28. The van der Waals surface area contributed by atoms with Crippen molar-refractivity contribution < 1.29 is 22.7 Å². The van der Waals surface area contributed by atoms with Crippen LogP contribution in [0.25, 0.3) is 10.9 Å². The first-order valence-corrected chi connectivity index (χ1v) is 8.44. The van der Waals surface area contributed by atoms with Gasteiger partial charge < -0.3 is 15.0 Å². The summed E-state index contributed by atoms with van der Waals surface area (Å²) >= 11 is 0. The van der Waals surface area contributed by atoms with Gasteiger partial charge in [0.2, 0.25) is 0 Å². The number of H-pyrrole nitrogens is 1. The normalized spacial score (nSPS) is 11.5. The Morgan fingerprint density at radius 1 is 1.04 bits per heavy atom. The average Bonchev–Trinajstić information content (AvgIpc) is 2.65. The fraction of sp³-hybridized carbons (Fsp3) is 0.200. The van der Waals surface area contributed by atoms with Gasteiger partial charge in [-0.05, 0) is 28.6 Å². The summed E-state index contributed by atoms with van der Waals surface area (Å²) in [5, 5.41) is 3.41. The van der Waals surface area contributed by atoms with Crippen molar-refractivity contribution in [3.05, 3.63) is 81.6 Å². The SMILES string of the molecule is O=C(NCc1ccc(COCC(F)(F)F)cc1)c1cc2ccccc2[nH]c1=O. The smallest absolute Gasteiger partial charge is 0.367 e. The van der Waals surface area contributed by atoms with Crippen molar-refractivity contribution in [3.8, 4) is 0 Å². The van der Waals surface area contributed by atoms with Crippen LogP contribution < -0.4 is 10.9 Å². The topological polar surface area (TPSA) is 71.2 Å². The lowest BCUT2D eigenvalue weighted by Crippen LogP contribution is -2.29. The number of halogens is 3. The molecule has 5 nitrogen and oxygen atoms in total. The highest BCUT2D eigenvalue weighted by Gasteiger charge is 2.27. The number of amides is 1. The number of aromatic nitrogens is 1. The van der Waals surface area contributed by atoms with Crippen LogP contribution in [0.4, 0.5) is 13.2 Å². The number of aromatic amines is 1. The number of carbonyl (C=O) groups is 1. The quantitative estimate of drug-likeness (QED) is 0.676. The second-order valence-electron chi connectivity index (χ2n) is 6.21. The first-order chi connectivity index (χ1) is 13.3. The first-order valence-electron chi connectivity index (χ1n) is 8.44. The van der Waals surface area contributed by atoms with Crippen molar-refractivity contribution in [2.75, 3.05) is 6.61 Å². The predicted molar refractivity (Wildman–Crippen MR) is 97.9 cm³/mol. The number of carbonyl (C=O) groups excluding carboxylic acids is 1. The van der Waals surface area contributed by atoms with Gasteiger partial charge in [0.15, 0.2) is 0 Å². The molecule has 1 heterocycles. The Balaban J connectivity index is 1.59. The summed E-state index contributed by atoms with van der Waals surface area (Å²) in [5.74, 6) is -0.510. The molecule has 8 heteroatoms. The second-order valence-corrected chi connectivity index (χ2v) is 6.21. The minimum absolute atomic E-state index is 0.0101. The number of para-hydroxylation sites is 1. The van der Waals surface area contributed by atoms with Gasteiger partial charge in [-0.1, -0.05) is 42.5 Å². The number of pyridine rings is 1. The van der Waals surface area contributed by atoms with E-state index in [0.29, 0.717) is 11.1 Å². The van der Waals surface area contributed by atoms with E-state index in [1.807, 2.05) is 6.07 Å². The van der Waals surface area contributed by atoms with Gasteiger partial charge in [0.1, 0.15) is 12.2 Å². The van der Waals surface area contributed by atoms with Crippen molar-refractivity contribution in [1.29, 1.82) is 0 Å². The molecule has 1 amide bonds. The van der Waals surface area contributed by atoms with E-state index in [1.54, 1.807) is 42.5 Å². The second kappa shape index (κ2) is 8.26. The molecule has 1 aromatic heterocycles. The van der Waals surface area contributed by atoms with Crippen LogP contribution in [0.1, 0.15) is 21.5 Å². The lowest BCUT2D eigenvalue weighted by molar-refractivity contribution is -0.176. The lowest BCUT2D eigenvalue weighted by atomic mass is 10.1. The number of nitrogens with one attached hydrogen (secondary N) is 2. The van der Waals surface area contributed by atoms with E-state index in [-0.39, 0.29) is 18.7 Å². The molecule has 2 N–H and O–H groups in total. The molecule has 0 saturated heterocycles. The standard InChI is InChI=1S/C20H17F3N2O3/c21-20(22,23)12-28-11-14-7-5-13(6-8-14)10-24-18(26)16-9-15-3-1-2-4-17(15)25-19(16)27/h1-9H,10-12H2,(H,24,26)(H,25,27). The zero-order valence-corrected chi connectivity index (χ0v) is 14.7. The van der Waals surface area contributed by atoms with E-state index in [2.05, 4.69) is 15.0 Å². The fourth-order valence-corrected chi connectivity index (χ4v) is 2.63. The van der Waals surface area contributed by atoms with Crippen molar-refractivity contribution in [1.82, 2.24) is 10.3 Å². The van der Waals surface area contributed by atoms with Crippen LogP contribution in [-0.4, -0.2) is 23.7 Å². The molecule has 0 atom stereocenters. The number of alkyl halides is 3. The number of rotatable bonds is 6. The predicted octanol–water partition coefficient (Wildman–Crippen LogP) is 3.54. The molecule has 0 bridgehead atoms. The van der Waals surface area contributed by atoms with Crippen LogP contribution in [0.15, 0.2) is 59.4 Å². The lowest BCUT2D eigenvalue weighted by Gasteiger charge is -2.09. The molecule has 0 radical (unpaired) electrons. The number of fused-ring (bicyclic) bond motifs is 1. The van der Waals surface area contributed by atoms with Gasteiger partial charge in [-0.3, -0.25) is 9.59 Å². The largest absolute Gasteiger partial charge is 0.411 e. The van der Waals surface area contributed by atoms with Gasteiger partial charge >= 0.3 is 6.18 Å². The minimum Gasteiger partial charge on any atom is -0.367 e. The van der Waals surface area contributed by atoms with Crippen LogP contribution in [-0.2, 0) is 17.9 Å². The Hall–Kier alpha value is -3.13. The van der Waals surface area contributed by atoms with E-state index in [0.717, 1.165) is 10.9 Å². The van der Waals surface area contributed by atoms with E-state index >= 15 is 0 Å². The Kier molecular flexibility index (Phi) is 5.79. The summed E-state index contributed by atoms with van der Waals surface area (Å²) in [6.07, 6.45) is -4.36. The Morgan fingerprint density at radius 2 is 1.71 bits per heavy atom. The number of hydrogen-bond acceptors (Lipinski definition) is 3. The Morgan fingerprint density at radius 3 is 2.43 bits per heavy atom. The maximum absolute atomic E-state index is 12.3. The van der Waals surface area contributed by atoms with E-state index in [1.165, 1.54) is 6.07 Å². The van der Waals surface area contributed by atoms with Crippen molar-refractivity contribution in [2.24, 2.45) is 0 Å². The number of ether oxygens (including phenoxy) is 1. The first kappa shape index (κ1) is 19.6. The highest BCUT2D eigenvalue weighted by Crippen LogP contribution is 2.16. The molecule has 0 unspecified atom stereocenters. The van der Waals surface area contributed by atoms with Gasteiger partial charge in [-0.25, -0.2) is 0 Å². The molecule has 28 heavy (non-hydrogen) atoms. The molecule has 0 saturated carbocycles. The van der Waals surface area contributed by atoms with Crippen LogP contribution in [0.2, 0.25) is 0 Å². The molecule has 3 aromatic rings.